The van der Waals surface area contributed by atoms with Crippen LogP contribution in [0.5, 0.6) is 17.2 Å². The smallest absolute Gasteiger partial charge is 0.262 e. The summed E-state index contributed by atoms with van der Waals surface area (Å²) in [7, 11) is 3.06. The van der Waals surface area contributed by atoms with Crippen molar-refractivity contribution >= 4 is 34.8 Å². The highest BCUT2D eigenvalue weighted by atomic mass is 35.5. The van der Waals surface area contributed by atoms with Crippen LogP contribution in [-0.2, 0) is 4.79 Å². The number of carbonyl (C=O) groups is 2. The molecule has 2 amide bonds. The molecule has 0 aliphatic heterocycles. The first-order valence-electron chi connectivity index (χ1n) is 9.30. The number of carbonyl (C=O) groups excluding carboxylic acids is 2. The van der Waals surface area contributed by atoms with Crippen molar-refractivity contribution in [1.82, 2.24) is 0 Å². The van der Waals surface area contributed by atoms with E-state index >= 15 is 0 Å². The number of anilines is 2. The lowest BCUT2D eigenvalue weighted by Gasteiger charge is -2.11. The van der Waals surface area contributed by atoms with Gasteiger partial charge < -0.3 is 24.8 Å². The largest absolute Gasteiger partial charge is 0.497 e. The van der Waals surface area contributed by atoms with E-state index in [1.807, 2.05) is 0 Å². The van der Waals surface area contributed by atoms with Gasteiger partial charge in [0, 0.05) is 22.3 Å². The molecular weight excluding hydrogens is 420 g/mol. The maximum Gasteiger partial charge on any atom is 0.262 e. The summed E-state index contributed by atoms with van der Waals surface area (Å²) in [6, 6.07) is 18.4. The Hall–Kier alpha value is -3.71. The first kappa shape index (κ1) is 22.0. The van der Waals surface area contributed by atoms with Crippen molar-refractivity contribution in [3.8, 4) is 17.2 Å². The van der Waals surface area contributed by atoms with Gasteiger partial charge in [-0.15, -0.1) is 0 Å². The van der Waals surface area contributed by atoms with E-state index in [4.69, 9.17) is 25.8 Å². The van der Waals surface area contributed by atoms with Crippen molar-refractivity contribution in [1.29, 1.82) is 0 Å². The SMILES string of the molecule is COc1cccc(NC(=O)COc2ccc(C(=O)Nc3cc(Cl)ccc3OC)cc2)c1. The van der Waals surface area contributed by atoms with Crippen molar-refractivity contribution in [3.63, 3.8) is 0 Å². The minimum Gasteiger partial charge on any atom is -0.497 e. The highest BCUT2D eigenvalue weighted by molar-refractivity contribution is 6.31. The van der Waals surface area contributed by atoms with Crippen molar-refractivity contribution in [2.45, 2.75) is 0 Å². The number of benzene rings is 3. The summed E-state index contributed by atoms with van der Waals surface area (Å²) in [6.45, 7) is -0.178. The van der Waals surface area contributed by atoms with Crippen molar-refractivity contribution in [3.05, 3.63) is 77.3 Å². The molecule has 0 unspecified atom stereocenters. The average Bonchev–Trinajstić information content (AvgIpc) is 2.78. The third-order valence-corrected chi connectivity index (χ3v) is 4.48. The van der Waals surface area contributed by atoms with Crippen LogP contribution in [0.3, 0.4) is 0 Å². The molecule has 8 heteroatoms. The maximum absolute atomic E-state index is 12.5. The van der Waals surface area contributed by atoms with Crippen LogP contribution in [-0.4, -0.2) is 32.6 Å². The molecule has 0 fully saturated rings. The summed E-state index contributed by atoms with van der Waals surface area (Å²) < 4.78 is 15.8. The zero-order valence-electron chi connectivity index (χ0n) is 17.0. The molecule has 160 valence electrons. The lowest BCUT2D eigenvalue weighted by atomic mass is 10.2. The van der Waals surface area contributed by atoms with Gasteiger partial charge in [0.25, 0.3) is 11.8 Å². The van der Waals surface area contributed by atoms with E-state index in [1.54, 1.807) is 73.8 Å². The molecule has 3 aromatic carbocycles. The predicted molar refractivity (Wildman–Crippen MR) is 120 cm³/mol. The van der Waals surface area contributed by atoms with Gasteiger partial charge in [0.15, 0.2) is 6.61 Å². The Labute approximate surface area is 184 Å². The van der Waals surface area contributed by atoms with Crippen LogP contribution in [0.4, 0.5) is 11.4 Å². The molecule has 0 aliphatic carbocycles. The zero-order chi connectivity index (χ0) is 22.2. The van der Waals surface area contributed by atoms with Gasteiger partial charge >= 0.3 is 0 Å². The van der Waals surface area contributed by atoms with Crippen molar-refractivity contribution in [2.75, 3.05) is 31.5 Å². The molecule has 0 saturated carbocycles. The second-order valence-electron chi connectivity index (χ2n) is 6.39. The molecule has 0 radical (unpaired) electrons. The van der Waals surface area contributed by atoms with E-state index in [-0.39, 0.29) is 18.4 Å². The third-order valence-electron chi connectivity index (χ3n) is 4.25. The number of nitrogens with one attached hydrogen (secondary N) is 2. The lowest BCUT2D eigenvalue weighted by Crippen LogP contribution is -2.20. The molecule has 0 saturated heterocycles. The molecule has 31 heavy (non-hydrogen) atoms. The van der Waals surface area contributed by atoms with Crippen LogP contribution in [0.2, 0.25) is 5.02 Å². The topological polar surface area (TPSA) is 85.9 Å². The zero-order valence-corrected chi connectivity index (χ0v) is 17.7. The van der Waals surface area contributed by atoms with Gasteiger partial charge in [-0.2, -0.15) is 0 Å². The van der Waals surface area contributed by atoms with Crippen LogP contribution >= 0.6 is 11.6 Å². The second kappa shape index (κ2) is 10.4. The van der Waals surface area contributed by atoms with Crippen LogP contribution in [0.25, 0.3) is 0 Å². The number of amides is 2. The summed E-state index contributed by atoms with van der Waals surface area (Å²) in [4.78, 5) is 24.6. The molecule has 0 bridgehead atoms. The second-order valence-corrected chi connectivity index (χ2v) is 6.83. The molecule has 3 rings (SSSR count). The van der Waals surface area contributed by atoms with Crippen molar-refractivity contribution in [2.24, 2.45) is 0 Å². The summed E-state index contributed by atoms with van der Waals surface area (Å²) in [5.74, 6) is 0.950. The molecular formula is C23H21ClN2O5. The van der Waals surface area contributed by atoms with Crippen LogP contribution in [0.15, 0.2) is 66.7 Å². The van der Waals surface area contributed by atoms with Crippen LogP contribution in [0.1, 0.15) is 10.4 Å². The van der Waals surface area contributed by atoms with Crippen molar-refractivity contribution < 1.29 is 23.8 Å². The van der Waals surface area contributed by atoms with E-state index in [0.29, 0.717) is 39.2 Å². The third kappa shape index (κ3) is 6.13. The first-order chi connectivity index (χ1) is 15.0. The fourth-order valence-electron chi connectivity index (χ4n) is 2.72. The fraction of sp³-hybridized carbons (Fsp3) is 0.130. The van der Waals surface area contributed by atoms with Gasteiger partial charge in [0.1, 0.15) is 17.2 Å². The molecule has 0 aliphatic rings. The minimum atomic E-state index is -0.331. The Morgan fingerprint density at radius 3 is 2.35 bits per heavy atom. The van der Waals surface area contributed by atoms with Gasteiger partial charge in [-0.1, -0.05) is 17.7 Å². The van der Waals surface area contributed by atoms with Crippen LogP contribution < -0.4 is 24.8 Å². The average molecular weight is 441 g/mol. The Kier molecular flexibility index (Phi) is 7.35. The number of ether oxygens (including phenoxy) is 3. The molecule has 0 spiro atoms. The van der Waals surface area contributed by atoms with Crippen LogP contribution in [0, 0.1) is 0 Å². The highest BCUT2D eigenvalue weighted by Gasteiger charge is 2.11. The van der Waals surface area contributed by atoms with E-state index in [9.17, 15) is 9.59 Å². The Morgan fingerprint density at radius 1 is 0.871 bits per heavy atom. The van der Waals surface area contributed by atoms with Gasteiger partial charge in [-0.3, -0.25) is 9.59 Å². The summed E-state index contributed by atoms with van der Waals surface area (Å²) in [5.41, 5.74) is 1.49. The fourth-order valence-corrected chi connectivity index (χ4v) is 2.89. The molecule has 0 heterocycles. The van der Waals surface area contributed by atoms with Gasteiger partial charge in [0.2, 0.25) is 0 Å². The number of rotatable bonds is 8. The molecule has 3 aromatic rings. The van der Waals surface area contributed by atoms with Gasteiger partial charge in [0.05, 0.1) is 19.9 Å². The molecule has 0 atom stereocenters. The quantitative estimate of drug-likeness (QED) is 0.533. The Morgan fingerprint density at radius 2 is 1.65 bits per heavy atom. The lowest BCUT2D eigenvalue weighted by molar-refractivity contribution is -0.118. The minimum absolute atomic E-state index is 0.178. The highest BCUT2D eigenvalue weighted by Crippen LogP contribution is 2.28. The number of methoxy groups -OCH3 is 2. The predicted octanol–water partition coefficient (Wildman–Crippen LogP) is 4.63. The molecule has 7 nitrogen and oxygen atoms in total. The van der Waals surface area contributed by atoms with E-state index in [1.165, 1.54) is 7.11 Å². The van der Waals surface area contributed by atoms with E-state index in [2.05, 4.69) is 10.6 Å². The normalized spacial score (nSPS) is 10.2. The van der Waals surface area contributed by atoms with Gasteiger partial charge in [-0.05, 0) is 54.6 Å². The summed E-state index contributed by atoms with van der Waals surface area (Å²) in [6.07, 6.45) is 0. The maximum atomic E-state index is 12.5. The number of halogens is 1. The summed E-state index contributed by atoms with van der Waals surface area (Å²) in [5, 5.41) is 5.97. The Bertz CT molecular complexity index is 1070. The van der Waals surface area contributed by atoms with E-state index in [0.717, 1.165) is 0 Å². The van der Waals surface area contributed by atoms with E-state index < -0.39 is 0 Å². The Balaban J connectivity index is 1.55. The first-order valence-corrected chi connectivity index (χ1v) is 9.68. The standard InChI is InChI=1S/C23H21ClN2O5/c1-29-19-5-3-4-17(13-19)25-22(27)14-31-18-9-6-15(7-10-18)23(28)26-20-12-16(24)8-11-21(20)30-2/h3-13H,14H2,1-2H3,(H,25,27)(H,26,28). The summed E-state index contributed by atoms with van der Waals surface area (Å²) >= 11 is 5.99. The number of hydrogen-bond donors (Lipinski definition) is 2. The molecule has 0 aromatic heterocycles. The monoisotopic (exact) mass is 440 g/mol. The molecule has 2 N–H and O–H groups in total. The van der Waals surface area contributed by atoms with Gasteiger partial charge in [-0.25, -0.2) is 0 Å². The number of hydrogen-bond acceptors (Lipinski definition) is 5.